The molecule has 0 fully saturated rings. The van der Waals surface area contributed by atoms with E-state index in [1.54, 1.807) is 18.6 Å². The maximum absolute atomic E-state index is 11.3. The monoisotopic (exact) mass is 269 g/mol. The van der Waals surface area contributed by atoms with Crippen LogP contribution in [0.1, 0.15) is 16.9 Å². The molecule has 0 bridgehead atoms. The molecule has 1 aromatic carbocycles. The number of nitrogens with zero attached hydrogens (tertiary/aromatic N) is 3. The van der Waals surface area contributed by atoms with Gasteiger partial charge in [0.05, 0.1) is 6.33 Å². The average Bonchev–Trinajstić information content (AvgIpc) is 3.07. The first-order valence-electron chi connectivity index (χ1n) is 6.53. The molecule has 5 heteroatoms. The molecule has 0 aliphatic heterocycles. The number of carbonyl (C=O) groups is 1. The van der Waals surface area contributed by atoms with Gasteiger partial charge in [-0.15, -0.1) is 0 Å². The highest BCUT2D eigenvalue weighted by molar-refractivity contribution is 5.94. The Balaban J connectivity index is 1.85. The van der Waals surface area contributed by atoms with Crippen molar-refractivity contribution in [2.75, 3.05) is 0 Å². The van der Waals surface area contributed by atoms with Crippen LogP contribution in [0.3, 0.4) is 0 Å². The largest absolute Gasteiger partial charge is 0.477 e. The van der Waals surface area contributed by atoms with Gasteiger partial charge < -0.3 is 14.2 Å². The molecule has 0 spiro atoms. The molecule has 1 N–H and O–H groups in total. The SMILES string of the molecule is O=C(O)c1cc2ccccc2n1CCCn1ccnc1. The van der Waals surface area contributed by atoms with Gasteiger partial charge in [0.2, 0.25) is 0 Å². The van der Waals surface area contributed by atoms with E-state index in [0.29, 0.717) is 12.2 Å². The quantitative estimate of drug-likeness (QED) is 0.774. The second kappa shape index (κ2) is 5.21. The number of fused-ring (bicyclic) bond motifs is 1. The predicted molar refractivity (Wildman–Crippen MR) is 75.7 cm³/mol. The molecule has 0 aliphatic rings. The number of aromatic carboxylic acids is 1. The molecule has 2 heterocycles. The molecule has 3 aromatic rings. The number of para-hydroxylation sites is 1. The number of hydrogen-bond acceptors (Lipinski definition) is 2. The van der Waals surface area contributed by atoms with E-state index in [9.17, 15) is 9.90 Å². The zero-order valence-electron chi connectivity index (χ0n) is 10.9. The van der Waals surface area contributed by atoms with E-state index in [4.69, 9.17) is 0 Å². The number of imidazole rings is 1. The van der Waals surface area contributed by atoms with Crippen molar-refractivity contribution in [2.24, 2.45) is 0 Å². The summed E-state index contributed by atoms with van der Waals surface area (Å²) in [6.45, 7) is 1.50. The summed E-state index contributed by atoms with van der Waals surface area (Å²) in [5, 5.41) is 10.3. The summed E-state index contributed by atoms with van der Waals surface area (Å²) in [6, 6.07) is 9.48. The number of aryl methyl sites for hydroxylation is 2. The summed E-state index contributed by atoms with van der Waals surface area (Å²) in [4.78, 5) is 15.3. The molecule has 0 atom stereocenters. The van der Waals surface area contributed by atoms with Gasteiger partial charge in [-0.3, -0.25) is 0 Å². The minimum Gasteiger partial charge on any atom is -0.477 e. The highest BCUT2D eigenvalue weighted by Gasteiger charge is 2.13. The summed E-state index contributed by atoms with van der Waals surface area (Å²) in [7, 11) is 0. The van der Waals surface area contributed by atoms with E-state index in [0.717, 1.165) is 23.9 Å². The summed E-state index contributed by atoms with van der Waals surface area (Å²) in [5.74, 6) is -0.885. The van der Waals surface area contributed by atoms with Crippen molar-refractivity contribution in [3.05, 3.63) is 54.7 Å². The van der Waals surface area contributed by atoms with Gasteiger partial charge in [0.1, 0.15) is 5.69 Å². The van der Waals surface area contributed by atoms with Crippen molar-refractivity contribution in [1.29, 1.82) is 0 Å². The standard InChI is InChI=1S/C15H15N3O2/c19-15(20)14-10-12-4-1-2-5-13(12)18(14)8-3-7-17-9-6-16-11-17/h1-2,4-6,9-11H,3,7-8H2,(H,19,20). The zero-order chi connectivity index (χ0) is 13.9. The van der Waals surface area contributed by atoms with Crippen molar-refractivity contribution < 1.29 is 9.90 Å². The number of carboxylic acid groups (broad SMARTS) is 1. The molecular weight excluding hydrogens is 254 g/mol. The molecular formula is C15H15N3O2. The van der Waals surface area contributed by atoms with Crippen LogP contribution in [0, 0.1) is 0 Å². The van der Waals surface area contributed by atoms with Crippen LogP contribution in [-0.4, -0.2) is 25.2 Å². The average molecular weight is 269 g/mol. The van der Waals surface area contributed by atoms with Crippen LogP contribution in [-0.2, 0) is 13.1 Å². The Morgan fingerprint density at radius 2 is 2.10 bits per heavy atom. The second-order valence-electron chi connectivity index (χ2n) is 4.70. The summed E-state index contributed by atoms with van der Waals surface area (Å²) in [5.41, 5.74) is 1.31. The van der Waals surface area contributed by atoms with Crippen LogP contribution >= 0.6 is 0 Å². The van der Waals surface area contributed by atoms with E-state index < -0.39 is 5.97 Å². The van der Waals surface area contributed by atoms with Crippen molar-refractivity contribution in [1.82, 2.24) is 14.1 Å². The molecule has 5 nitrogen and oxygen atoms in total. The minimum absolute atomic E-state index is 0.344. The first-order valence-corrected chi connectivity index (χ1v) is 6.53. The van der Waals surface area contributed by atoms with E-state index in [1.165, 1.54) is 0 Å². The Kier molecular flexibility index (Phi) is 3.25. The number of carboxylic acids is 1. The lowest BCUT2D eigenvalue weighted by Crippen LogP contribution is -2.10. The Morgan fingerprint density at radius 3 is 2.85 bits per heavy atom. The molecule has 102 valence electrons. The maximum Gasteiger partial charge on any atom is 0.352 e. The van der Waals surface area contributed by atoms with Crippen molar-refractivity contribution in [3.8, 4) is 0 Å². The first kappa shape index (κ1) is 12.5. The normalized spacial score (nSPS) is 11.0. The lowest BCUT2D eigenvalue weighted by atomic mass is 10.2. The minimum atomic E-state index is -0.885. The molecule has 20 heavy (non-hydrogen) atoms. The molecule has 0 amide bonds. The number of aromatic nitrogens is 3. The van der Waals surface area contributed by atoms with Crippen LogP contribution < -0.4 is 0 Å². The topological polar surface area (TPSA) is 60.0 Å². The van der Waals surface area contributed by atoms with Gasteiger partial charge in [-0.25, -0.2) is 9.78 Å². The predicted octanol–water partition coefficient (Wildman–Crippen LogP) is 2.63. The maximum atomic E-state index is 11.3. The Labute approximate surface area is 116 Å². The smallest absolute Gasteiger partial charge is 0.352 e. The highest BCUT2D eigenvalue weighted by atomic mass is 16.4. The van der Waals surface area contributed by atoms with Gasteiger partial charge in [-0.05, 0) is 18.6 Å². The summed E-state index contributed by atoms with van der Waals surface area (Å²) in [6.07, 6.45) is 6.28. The second-order valence-corrected chi connectivity index (χ2v) is 4.70. The third-order valence-corrected chi connectivity index (χ3v) is 3.39. The molecule has 2 aromatic heterocycles. The van der Waals surface area contributed by atoms with Crippen LogP contribution in [0.2, 0.25) is 0 Å². The number of benzene rings is 1. The van der Waals surface area contributed by atoms with E-state index in [2.05, 4.69) is 4.98 Å². The van der Waals surface area contributed by atoms with Gasteiger partial charge in [0.15, 0.2) is 0 Å². The number of rotatable bonds is 5. The lowest BCUT2D eigenvalue weighted by Gasteiger charge is -2.08. The van der Waals surface area contributed by atoms with Crippen LogP contribution in [0.5, 0.6) is 0 Å². The van der Waals surface area contributed by atoms with Crippen LogP contribution in [0.25, 0.3) is 10.9 Å². The van der Waals surface area contributed by atoms with Crippen LogP contribution in [0.15, 0.2) is 49.1 Å². The van der Waals surface area contributed by atoms with Gasteiger partial charge >= 0.3 is 5.97 Å². The molecule has 0 saturated heterocycles. The molecule has 0 aliphatic carbocycles. The fraction of sp³-hybridized carbons (Fsp3) is 0.200. The van der Waals surface area contributed by atoms with Gasteiger partial charge in [-0.1, -0.05) is 18.2 Å². The Bertz CT molecular complexity index is 729. The molecule has 3 rings (SSSR count). The van der Waals surface area contributed by atoms with Crippen LogP contribution in [0.4, 0.5) is 0 Å². The molecule has 0 saturated carbocycles. The van der Waals surface area contributed by atoms with Crippen molar-refractivity contribution in [3.63, 3.8) is 0 Å². The summed E-state index contributed by atoms with van der Waals surface area (Å²) >= 11 is 0. The van der Waals surface area contributed by atoms with E-state index in [-0.39, 0.29) is 0 Å². The summed E-state index contributed by atoms with van der Waals surface area (Å²) < 4.78 is 3.86. The van der Waals surface area contributed by atoms with E-state index >= 15 is 0 Å². The first-order chi connectivity index (χ1) is 9.75. The Hall–Kier alpha value is -2.56. The van der Waals surface area contributed by atoms with Gasteiger partial charge in [0.25, 0.3) is 0 Å². The van der Waals surface area contributed by atoms with Gasteiger partial charge in [-0.2, -0.15) is 0 Å². The third kappa shape index (κ3) is 2.30. The van der Waals surface area contributed by atoms with Crippen molar-refractivity contribution in [2.45, 2.75) is 19.5 Å². The molecule has 0 radical (unpaired) electrons. The zero-order valence-corrected chi connectivity index (χ0v) is 10.9. The fourth-order valence-corrected chi connectivity index (χ4v) is 2.46. The van der Waals surface area contributed by atoms with Gasteiger partial charge in [0, 0.05) is 36.4 Å². The Morgan fingerprint density at radius 1 is 1.25 bits per heavy atom. The van der Waals surface area contributed by atoms with Crippen molar-refractivity contribution >= 4 is 16.9 Å². The third-order valence-electron chi connectivity index (χ3n) is 3.39. The highest BCUT2D eigenvalue weighted by Crippen LogP contribution is 2.20. The fourth-order valence-electron chi connectivity index (χ4n) is 2.46. The molecule has 0 unspecified atom stereocenters. The van der Waals surface area contributed by atoms with E-state index in [1.807, 2.05) is 39.6 Å². The lowest BCUT2D eigenvalue weighted by molar-refractivity contribution is 0.0685. The number of hydrogen-bond donors (Lipinski definition) is 1.